The van der Waals surface area contributed by atoms with E-state index in [0.29, 0.717) is 21.4 Å². The molecular formula is C9H11Cl2NO2. The molecule has 1 aromatic carbocycles. The number of methoxy groups -OCH3 is 1. The fourth-order valence-electron chi connectivity index (χ4n) is 1.17. The van der Waals surface area contributed by atoms with E-state index in [2.05, 4.69) is 0 Å². The Morgan fingerprint density at radius 1 is 1.50 bits per heavy atom. The Morgan fingerprint density at radius 3 is 2.64 bits per heavy atom. The lowest BCUT2D eigenvalue weighted by molar-refractivity contribution is 0.264. The van der Waals surface area contributed by atoms with Crippen LogP contribution in [0.3, 0.4) is 0 Å². The second kappa shape index (κ2) is 4.84. The van der Waals surface area contributed by atoms with Gasteiger partial charge < -0.3 is 15.6 Å². The molecule has 78 valence electrons. The first kappa shape index (κ1) is 11.6. The topological polar surface area (TPSA) is 55.5 Å². The highest BCUT2D eigenvalue weighted by molar-refractivity contribution is 6.35. The summed E-state index contributed by atoms with van der Waals surface area (Å²) in [6.45, 7) is -0.187. The zero-order valence-electron chi connectivity index (χ0n) is 7.63. The normalized spacial score (nSPS) is 12.6. The number of hydrogen-bond acceptors (Lipinski definition) is 3. The molecule has 0 spiro atoms. The van der Waals surface area contributed by atoms with Gasteiger partial charge in [0.15, 0.2) is 0 Å². The quantitative estimate of drug-likeness (QED) is 0.843. The summed E-state index contributed by atoms with van der Waals surface area (Å²) in [5.41, 5.74) is 6.27. The third-order valence-electron chi connectivity index (χ3n) is 1.84. The van der Waals surface area contributed by atoms with Crippen molar-refractivity contribution in [1.82, 2.24) is 0 Å². The van der Waals surface area contributed by atoms with Crippen molar-refractivity contribution < 1.29 is 9.84 Å². The van der Waals surface area contributed by atoms with Crippen LogP contribution in [0.2, 0.25) is 10.0 Å². The molecule has 5 heteroatoms. The molecule has 3 N–H and O–H groups in total. The van der Waals surface area contributed by atoms with Crippen molar-refractivity contribution in [3.8, 4) is 5.75 Å². The van der Waals surface area contributed by atoms with E-state index in [4.69, 9.17) is 38.8 Å². The second-order valence-electron chi connectivity index (χ2n) is 2.80. The lowest BCUT2D eigenvalue weighted by Crippen LogP contribution is -2.15. The third-order valence-corrected chi connectivity index (χ3v) is 2.34. The molecule has 0 aliphatic carbocycles. The first-order valence-corrected chi connectivity index (χ1v) is 4.75. The van der Waals surface area contributed by atoms with E-state index in [9.17, 15) is 0 Å². The Morgan fingerprint density at radius 2 is 2.14 bits per heavy atom. The van der Waals surface area contributed by atoms with Gasteiger partial charge in [0.1, 0.15) is 5.75 Å². The largest absolute Gasteiger partial charge is 0.495 e. The smallest absolute Gasteiger partial charge is 0.142 e. The Kier molecular flexibility index (Phi) is 4.01. The number of hydrogen-bond donors (Lipinski definition) is 2. The number of aliphatic hydroxyl groups excluding tert-OH is 1. The van der Waals surface area contributed by atoms with Crippen LogP contribution >= 0.6 is 23.2 Å². The minimum absolute atomic E-state index is 0.187. The van der Waals surface area contributed by atoms with E-state index in [-0.39, 0.29) is 6.61 Å². The van der Waals surface area contributed by atoms with Crippen LogP contribution in [0.4, 0.5) is 0 Å². The molecule has 0 saturated heterocycles. The molecule has 0 amide bonds. The minimum Gasteiger partial charge on any atom is -0.495 e. The highest BCUT2D eigenvalue weighted by atomic mass is 35.5. The zero-order valence-corrected chi connectivity index (χ0v) is 9.14. The maximum atomic E-state index is 8.92. The van der Waals surface area contributed by atoms with Gasteiger partial charge in [-0.05, 0) is 12.1 Å². The second-order valence-corrected chi connectivity index (χ2v) is 3.64. The van der Waals surface area contributed by atoms with Gasteiger partial charge in [0.2, 0.25) is 0 Å². The van der Waals surface area contributed by atoms with Crippen molar-refractivity contribution >= 4 is 23.2 Å². The predicted octanol–water partition coefficient (Wildman–Crippen LogP) is 1.99. The molecule has 0 heterocycles. The summed E-state index contributed by atoms with van der Waals surface area (Å²) in [7, 11) is 1.49. The molecule has 3 nitrogen and oxygen atoms in total. The van der Waals surface area contributed by atoms with Crippen molar-refractivity contribution in [2.24, 2.45) is 5.73 Å². The summed E-state index contributed by atoms with van der Waals surface area (Å²) >= 11 is 11.7. The van der Waals surface area contributed by atoms with E-state index >= 15 is 0 Å². The number of aliphatic hydroxyl groups is 1. The fraction of sp³-hybridized carbons (Fsp3) is 0.333. The van der Waals surface area contributed by atoms with Crippen LogP contribution in [-0.4, -0.2) is 18.8 Å². The Balaban J connectivity index is 3.24. The third kappa shape index (κ3) is 2.30. The number of ether oxygens (including phenoxy) is 1. The van der Waals surface area contributed by atoms with Crippen molar-refractivity contribution in [2.75, 3.05) is 13.7 Å². The van der Waals surface area contributed by atoms with Gasteiger partial charge in [-0.25, -0.2) is 0 Å². The Bertz CT molecular complexity index is 331. The molecule has 0 bridgehead atoms. The van der Waals surface area contributed by atoms with E-state index in [1.807, 2.05) is 0 Å². The summed E-state index contributed by atoms with van der Waals surface area (Å²) < 4.78 is 5.07. The lowest BCUT2D eigenvalue weighted by Gasteiger charge is -2.15. The molecule has 0 radical (unpaired) electrons. The fourth-order valence-corrected chi connectivity index (χ4v) is 1.76. The van der Waals surface area contributed by atoms with Crippen LogP contribution in [0.15, 0.2) is 12.1 Å². The van der Waals surface area contributed by atoms with E-state index in [1.54, 1.807) is 12.1 Å². The van der Waals surface area contributed by atoms with Crippen LogP contribution in [0.1, 0.15) is 11.6 Å². The van der Waals surface area contributed by atoms with Gasteiger partial charge in [0.05, 0.1) is 24.8 Å². The van der Waals surface area contributed by atoms with Crippen LogP contribution in [0.25, 0.3) is 0 Å². The summed E-state index contributed by atoms with van der Waals surface area (Å²) in [6, 6.07) is 2.66. The van der Waals surface area contributed by atoms with Gasteiger partial charge in [0.25, 0.3) is 0 Å². The number of halogens is 2. The van der Waals surface area contributed by atoms with Crippen molar-refractivity contribution in [3.05, 3.63) is 27.7 Å². The predicted molar refractivity (Wildman–Crippen MR) is 57.0 cm³/mol. The average molecular weight is 236 g/mol. The lowest BCUT2D eigenvalue weighted by atomic mass is 10.1. The van der Waals surface area contributed by atoms with Gasteiger partial charge in [0, 0.05) is 10.6 Å². The van der Waals surface area contributed by atoms with Crippen LogP contribution < -0.4 is 10.5 Å². The molecule has 1 aromatic rings. The average Bonchev–Trinajstić information content (AvgIpc) is 2.15. The maximum Gasteiger partial charge on any atom is 0.142 e. The van der Waals surface area contributed by atoms with Crippen LogP contribution in [0.5, 0.6) is 5.75 Å². The molecule has 0 aliphatic rings. The van der Waals surface area contributed by atoms with Crippen molar-refractivity contribution in [3.63, 3.8) is 0 Å². The molecule has 0 aliphatic heterocycles. The minimum atomic E-state index is -0.541. The standard InChI is InChI=1S/C9H11Cl2NO2/c1-14-9-6(8(12)4-13)2-5(10)3-7(9)11/h2-3,8,13H,4,12H2,1H3. The van der Waals surface area contributed by atoms with Gasteiger partial charge >= 0.3 is 0 Å². The number of nitrogens with two attached hydrogens (primary N) is 1. The highest BCUT2D eigenvalue weighted by Gasteiger charge is 2.15. The molecule has 0 aromatic heterocycles. The van der Waals surface area contributed by atoms with Gasteiger partial charge in [-0.3, -0.25) is 0 Å². The van der Waals surface area contributed by atoms with Gasteiger partial charge in [-0.15, -0.1) is 0 Å². The van der Waals surface area contributed by atoms with Crippen LogP contribution in [-0.2, 0) is 0 Å². The van der Waals surface area contributed by atoms with E-state index < -0.39 is 6.04 Å². The molecular weight excluding hydrogens is 225 g/mol. The monoisotopic (exact) mass is 235 g/mol. The zero-order chi connectivity index (χ0) is 10.7. The molecule has 1 atom stereocenters. The van der Waals surface area contributed by atoms with E-state index in [1.165, 1.54) is 7.11 Å². The van der Waals surface area contributed by atoms with Crippen molar-refractivity contribution in [1.29, 1.82) is 0 Å². The maximum absolute atomic E-state index is 8.92. The van der Waals surface area contributed by atoms with Crippen LogP contribution in [0, 0.1) is 0 Å². The molecule has 0 fully saturated rings. The highest BCUT2D eigenvalue weighted by Crippen LogP contribution is 2.34. The van der Waals surface area contributed by atoms with Crippen molar-refractivity contribution in [2.45, 2.75) is 6.04 Å². The summed E-state index contributed by atoms with van der Waals surface area (Å²) in [5.74, 6) is 0.456. The molecule has 1 unspecified atom stereocenters. The number of benzene rings is 1. The number of rotatable bonds is 3. The van der Waals surface area contributed by atoms with Gasteiger partial charge in [-0.1, -0.05) is 23.2 Å². The first-order valence-electron chi connectivity index (χ1n) is 3.99. The molecule has 0 saturated carbocycles. The Labute approximate surface area is 92.4 Å². The van der Waals surface area contributed by atoms with E-state index in [0.717, 1.165) is 0 Å². The van der Waals surface area contributed by atoms with Gasteiger partial charge in [-0.2, -0.15) is 0 Å². The SMILES string of the molecule is COc1c(Cl)cc(Cl)cc1C(N)CO. The summed E-state index contributed by atoms with van der Waals surface area (Å²) in [5, 5.41) is 9.78. The Hall–Kier alpha value is -0.480. The molecule has 1 rings (SSSR count). The summed E-state index contributed by atoms with van der Waals surface area (Å²) in [6.07, 6.45) is 0. The summed E-state index contributed by atoms with van der Waals surface area (Å²) in [4.78, 5) is 0. The molecule has 14 heavy (non-hydrogen) atoms. The first-order chi connectivity index (χ1) is 6.60.